The molecule has 0 heterocycles. The second kappa shape index (κ2) is 5.71. The molecule has 1 fully saturated rings. The van der Waals surface area contributed by atoms with Gasteiger partial charge in [-0.2, -0.15) is 0 Å². The van der Waals surface area contributed by atoms with Gasteiger partial charge in [0.05, 0.1) is 0 Å². The van der Waals surface area contributed by atoms with Gasteiger partial charge >= 0.3 is 0 Å². The second-order valence-electron chi connectivity index (χ2n) is 5.00. The standard InChI is InChI=1S/C13H18BrN3O/c14-11-3-1-2-10(6-11)8-16-9-13(4-5-13)7-12(15)17-18/h1-3,6,16,18H,4-5,7-9H2,(H2,15,17). The molecule has 0 radical (unpaired) electrons. The third-order valence-electron chi connectivity index (χ3n) is 3.36. The Morgan fingerprint density at radius 3 is 2.89 bits per heavy atom. The molecule has 18 heavy (non-hydrogen) atoms. The summed E-state index contributed by atoms with van der Waals surface area (Å²) >= 11 is 3.46. The maximum atomic E-state index is 8.60. The Kier molecular flexibility index (Phi) is 4.24. The zero-order chi connectivity index (χ0) is 13.0. The average molecular weight is 312 g/mol. The van der Waals surface area contributed by atoms with Crippen LogP contribution in [0.4, 0.5) is 0 Å². The van der Waals surface area contributed by atoms with Crippen molar-refractivity contribution in [3.63, 3.8) is 0 Å². The van der Waals surface area contributed by atoms with E-state index in [1.54, 1.807) is 0 Å². The molecular formula is C13H18BrN3O. The fraction of sp³-hybridized carbons (Fsp3) is 0.462. The summed E-state index contributed by atoms with van der Waals surface area (Å²) in [5.74, 6) is 0.330. The molecular weight excluding hydrogens is 294 g/mol. The van der Waals surface area contributed by atoms with E-state index in [-0.39, 0.29) is 5.41 Å². The Hall–Kier alpha value is -1.07. The van der Waals surface area contributed by atoms with Gasteiger partial charge in [-0.15, -0.1) is 0 Å². The lowest BCUT2D eigenvalue weighted by atomic mass is 10.0. The molecule has 0 atom stereocenters. The second-order valence-corrected chi connectivity index (χ2v) is 5.92. The molecule has 0 amide bonds. The molecule has 0 aromatic heterocycles. The van der Waals surface area contributed by atoms with Crippen molar-refractivity contribution in [2.24, 2.45) is 16.3 Å². The smallest absolute Gasteiger partial charge is 0.139 e. The van der Waals surface area contributed by atoms with Crippen LogP contribution in [0.15, 0.2) is 33.9 Å². The summed E-state index contributed by atoms with van der Waals surface area (Å²) in [6.07, 6.45) is 2.97. The molecule has 5 heteroatoms. The normalized spacial score (nSPS) is 17.7. The number of nitrogens with one attached hydrogen (secondary N) is 1. The lowest BCUT2D eigenvalue weighted by Crippen LogP contribution is -2.28. The number of hydrogen-bond acceptors (Lipinski definition) is 3. The minimum absolute atomic E-state index is 0.211. The van der Waals surface area contributed by atoms with Gasteiger partial charge in [0.2, 0.25) is 0 Å². The van der Waals surface area contributed by atoms with Gasteiger partial charge in [0.15, 0.2) is 0 Å². The molecule has 0 bridgehead atoms. The third kappa shape index (κ3) is 3.71. The van der Waals surface area contributed by atoms with Crippen molar-refractivity contribution in [1.82, 2.24) is 5.32 Å². The highest BCUT2D eigenvalue weighted by Gasteiger charge is 2.42. The largest absolute Gasteiger partial charge is 0.409 e. The highest BCUT2D eigenvalue weighted by atomic mass is 79.9. The van der Waals surface area contributed by atoms with Gasteiger partial charge in [-0.05, 0) is 36.0 Å². The summed E-state index contributed by atoms with van der Waals surface area (Å²) in [7, 11) is 0. The van der Waals surface area contributed by atoms with Gasteiger partial charge in [-0.25, -0.2) is 0 Å². The van der Waals surface area contributed by atoms with Gasteiger partial charge in [0.1, 0.15) is 5.84 Å². The lowest BCUT2D eigenvalue weighted by molar-refractivity contribution is 0.314. The van der Waals surface area contributed by atoms with Crippen LogP contribution < -0.4 is 11.1 Å². The van der Waals surface area contributed by atoms with Crippen LogP contribution in [0.2, 0.25) is 0 Å². The number of amidine groups is 1. The van der Waals surface area contributed by atoms with Gasteiger partial charge in [0.25, 0.3) is 0 Å². The zero-order valence-corrected chi connectivity index (χ0v) is 11.8. The molecule has 1 aromatic carbocycles. The molecule has 2 rings (SSSR count). The summed E-state index contributed by atoms with van der Waals surface area (Å²) in [6.45, 7) is 1.76. The molecule has 1 aromatic rings. The number of oxime groups is 1. The number of benzene rings is 1. The molecule has 98 valence electrons. The maximum absolute atomic E-state index is 8.60. The first-order chi connectivity index (χ1) is 8.63. The lowest BCUT2D eigenvalue weighted by Gasteiger charge is -2.15. The monoisotopic (exact) mass is 311 g/mol. The third-order valence-corrected chi connectivity index (χ3v) is 3.85. The van der Waals surface area contributed by atoms with Crippen LogP contribution in [0.1, 0.15) is 24.8 Å². The van der Waals surface area contributed by atoms with Crippen LogP contribution in [0.3, 0.4) is 0 Å². The number of nitrogens with two attached hydrogens (primary N) is 1. The summed E-state index contributed by atoms with van der Waals surface area (Å²) in [4.78, 5) is 0. The minimum atomic E-state index is 0.211. The summed E-state index contributed by atoms with van der Waals surface area (Å²) in [6, 6.07) is 8.26. The van der Waals surface area contributed by atoms with Crippen molar-refractivity contribution < 1.29 is 5.21 Å². The Bertz CT molecular complexity index is 444. The Labute approximate surface area is 115 Å². The topological polar surface area (TPSA) is 70.6 Å². The molecule has 4 nitrogen and oxygen atoms in total. The Balaban J connectivity index is 1.79. The fourth-order valence-corrected chi connectivity index (χ4v) is 2.58. The number of rotatable bonds is 6. The zero-order valence-electron chi connectivity index (χ0n) is 10.2. The summed E-state index contributed by atoms with van der Waals surface area (Å²) < 4.78 is 1.10. The van der Waals surface area contributed by atoms with E-state index >= 15 is 0 Å². The summed E-state index contributed by atoms with van der Waals surface area (Å²) in [5, 5.41) is 15.1. The van der Waals surface area contributed by atoms with E-state index in [9.17, 15) is 0 Å². The maximum Gasteiger partial charge on any atom is 0.139 e. The van der Waals surface area contributed by atoms with Crippen LogP contribution >= 0.6 is 15.9 Å². The van der Waals surface area contributed by atoms with Crippen LogP contribution in [0.25, 0.3) is 0 Å². The highest BCUT2D eigenvalue weighted by molar-refractivity contribution is 9.10. The molecule has 0 saturated heterocycles. The molecule has 1 aliphatic rings. The molecule has 1 saturated carbocycles. The molecule has 1 aliphatic carbocycles. The quantitative estimate of drug-likeness (QED) is 0.327. The molecule has 4 N–H and O–H groups in total. The van der Waals surface area contributed by atoms with Crippen molar-refractivity contribution in [3.05, 3.63) is 34.3 Å². The number of nitrogens with zero attached hydrogens (tertiary/aromatic N) is 1. The van der Waals surface area contributed by atoms with Crippen molar-refractivity contribution in [1.29, 1.82) is 0 Å². The van der Waals surface area contributed by atoms with E-state index in [1.807, 2.05) is 12.1 Å². The van der Waals surface area contributed by atoms with E-state index in [1.165, 1.54) is 5.56 Å². The highest BCUT2D eigenvalue weighted by Crippen LogP contribution is 2.48. The first kappa shape index (κ1) is 13.4. The Morgan fingerprint density at radius 1 is 1.50 bits per heavy atom. The van der Waals surface area contributed by atoms with E-state index in [0.717, 1.165) is 30.4 Å². The SMILES string of the molecule is NC(CC1(CNCc2cccc(Br)c2)CC1)=NO. The van der Waals surface area contributed by atoms with E-state index in [0.29, 0.717) is 12.3 Å². The average Bonchev–Trinajstić information content (AvgIpc) is 3.09. The summed E-state index contributed by atoms with van der Waals surface area (Å²) in [5.41, 5.74) is 7.03. The molecule has 0 aliphatic heterocycles. The fourth-order valence-electron chi connectivity index (χ4n) is 2.13. The van der Waals surface area contributed by atoms with Gasteiger partial charge < -0.3 is 16.3 Å². The first-order valence-electron chi connectivity index (χ1n) is 6.05. The van der Waals surface area contributed by atoms with Crippen LogP contribution in [-0.2, 0) is 6.54 Å². The predicted molar refractivity (Wildman–Crippen MR) is 75.5 cm³/mol. The van der Waals surface area contributed by atoms with Gasteiger partial charge in [-0.3, -0.25) is 0 Å². The molecule has 0 unspecified atom stereocenters. The first-order valence-corrected chi connectivity index (χ1v) is 6.84. The van der Waals surface area contributed by atoms with E-state index in [2.05, 4.69) is 38.5 Å². The van der Waals surface area contributed by atoms with Gasteiger partial charge in [-0.1, -0.05) is 33.2 Å². The van der Waals surface area contributed by atoms with E-state index < -0.39 is 0 Å². The van der Waals surface area contributed by atoms with Gasteiger partial charge in [0, 0.05) is 24.0 Å². The van der Waals surface area contributed by atoms with Crippen LogP contribution in [0.5, 0.6) is 0 Å². The molecule has 0 spiro atoms. The minimum Gasteiger partial charge on any atom is -0.409 e. The number of halogens is 1. The Morgan fingerprint density at radius 2 is 2.28 bits per heavy atom. The van der Waals surface area contributed by atoms with Crippen molar-refractivity contribution >= 4 is 21.8 Å². The van der Waals surface area contributed by atoms with Crippen molar-refractivity contribution in [2.75, 3.05) is 6.54 Å². The predicted octanol–water partition coefficient (Wildman–Crippen LogP) is 2.46. The van der Waals surface area contributed by atoms with E-state index in [4.69, 9.17) is 10.9 Å². The van der Waals surface area contributed by atoms with Crippen molar-refractivity contribution in [3.8, 4) is 0 Å². The number of hydrogen-bond donors (Lipinski definition) is 3. The van der Waals surface area contributed by atoms with Crippen molar-refractivity contribution in [2.45, 2.75) is 25.8 Å². The van der Waals surface area contributed by atoms with Crippen LogP contribution in [0, 0.1) is 5.41 Å². The van der Waals surface area contributed by atoms with Crippen LogP contribution in [-0.4, -0.2) is 17.6 Å².